The van der Waals surface area contributed by atoms with Crippen molar-refractivity contribution in [2.45, 2.75) is 44.7 Å². The predicted octanol–water partition coefficient (Wildman–Crippen LogP) is 5.11. The van der Waals surface area contributed by atoms with E-state index in [0.29, 0.717) is 59.0 Å². The molecule has 0 spiro atoms. The molecule has 0 bridgehead atoms. The molecule has 7 rings (SSSR count). The molecule has 2 aliphatic heterocycles. The number of ether oxygens (including phenoxy) is 3. The van der Waals surface area contributed by atoms with E-state index in [1.54, 1.807) is 47.5 Å². The smallest absolute Gasteiger partial charge is 0.350 e. The highest BCUT2D eigenvalue weighted by Gasteiger charge is 2.45. The Kier molecular flexibility index (Phi) is 9.78. The maximum atomic E-state index is 15.3. The molecule has 16 heteroatoms. The van der Waals surface area contributed by atoms with Crippen LogP contribution in [0.1, 0.15) is 31.9 Å². The number of hydrogen-bond acceptors (Lipinski definition) is 10. The van der Waals surface area contributed by atoms with E-state index in [1.807, 2.05) is 30.9 Å². The highest BCUT2D eigenvalue weighted by atomic mass is 35.5. The van der Waals surface area contributed by atoms with Crippen LogP contribution in [0, 0.1) is 5.82 Å². The zero-order valence-corrected chi connectivity index (χ0v) is 29.0. The van der Waals surface area contributed by atoms with Crippen molar-refractivity contribution in [3.63, 3.8) is 0 Å². The van der Waals surface area contributed by atoms with Crippen molar-refractivity contribution in [3.8, 4) is 11.6 Å². The third-order valence-electron chi connectivity index (χ3n) is 9.07. The van der Waals surface area contributed by atoms with Crippen LogP contribution in [0.2, 0.25) is 10.0 Å². The molecule has 2 fully saturated rings. The van der Waals surface area contributed by atoms with Crippen LogP contribution in [0.3, 0.4) is 0 Å². The van der Waals surface area contributed by atoms with Crippen LogP contribution in [0.15, 0.2) is 78.5 Å². The van der Waals surface area contributed by atoms with Gasteiger partial charge < -0.3 is 24.0 Å². The first-order valence-electron chi connectivity index (χ1n) is 16.4. The highest BCUT2D eigenvalue weighted by molar-refractivity contribution is 6.35. The molecule has 0 amide bonds. The third kappa shape index (κ3) is 6.93. The number of rotatable bonds is 11. The molecule has 262 valence electrons. The number of halogens is 3. The monoisotopic (exact) mass is 723 g/mol. The zero-order chi connectivity index (χ0) is 34.8. The van der Waals surface area contributed by atoms with Crippen LogP contribution in [0.4, 0.5) is 15.8 Å². The van der Waals surface area contributed by atoms with Gasteiger partial charge >= 0.3 is 5.69 Å². The van der Waals surface area contributed by atoms with E-state index in [2.05, 4.69) is 25.1 Å². The molecule has 3 atom stereocenters. The van der Waals surface area contributed by atoms with E-state index in [9.17, 15) is 4.79 Å². The predicted molar refractivity (Wildman–Crippen MR) is 186 cm³/mol. The molecule has 0 N–H and O–H groups in total. The number of nitrogens with zero attached hydrogens (tertiary/aromatic N) is 9. The summed E-state index contributed by atoms with van der Waals surface area (Å²) < 4.78 is 38.4. The summed E-state index contributed by atoms with van der Waals surface area (Å²) in [5.41, 5.74) is 2.23. The second kappa shape index (κ2) is 14.4. The van der Waals surface area contributed by atoms with Gasteiger partial charge in [0.1, 0.15) is 44.1 Å². The molecular weight excluding hydrogens is 688 g/mol. The summed E-state index contributed by atoms with van der Waals surface area (Å²) in [5, 5.41) is 9.33. The Morgan fingerprint density at radius 2 is 1.82 bits per heavy atom. The Bertz CT molecular complexity index is 1980. The zero-order valence-electron chi connectivity index (χ0n) is 27.5. The van der Waals surface area contributed by atoms with E-state index < -0.39 is 11.9 Å². The normalized spacial score (nSPS) is 20.0. The van der Waals surface area contributed by atoms with Crippen molar-refractivity contribution in [1.29, 1.82) is 0 Å². The molecule has 0 saturated carbocycles. The van der Waals surface area contributed by atoms with Gasteiger partial charge in [-0.15, -0.1) is 0 Å². The SMILES string of the molecule is CCC(C)n1ncn(-c2ccc(N3CCN(c4ccc(OC[C@@H]5CO[C@@](Cn6cncn6)(c6ccc(Cl)cc6Cl)O5)nc4)CC3)c(F)c2)c1=O. The number of anilines is 2. The number of pyridine rings is 1. The lowest BCUT2D eigenvalue weighted by atomic mass is 10.1. The minimum Gasteiger partial charge on any atom is -0.475 e. The fourth-order valence-corrected chi connectivity index (χ4v) is 6.73. The summed E-state index contributed by atoms with van der Waals surface area (Å²) in [4.78, 5) is 25.5. The van der Waals surface area contributed by atoms with Crippen LogP contribution >= 0.6 is 23.2 Å². The maximum Gasteiger partial charge on any atom is 0.350 e. The number of piperazine rings is 1. The molecule has 5 aromatic rings. The van der Waals surface area contributed by atoms with Crippen LogP contribution < -0.4 is 20.2 Å². The van der Waals surface area contributed by atoms with Gasteiger partial charge in [-0.2, -0.15) is 10.2 Å². The van der Waals surface area contributed by atoms with Gasteiger partial charge in [0.15, 0.2) is 0 Å². The largest absolute Gasteiger partial charge is 0.475 e. The summed E-state index contributed by atoms with van der Waals surface area (Å²) in [7, 11) is 0. The minimum atomic E-state index is -1.20. The molecule has 2 aliphatic rings. The standard InChI is InChI=1S/C34H36Cl2FN9O4/c1-3-23(2)46-33(47)45(22-41-46)25-5-8-31(30(37)15-25)43-12-10-42(11-13-43)26-6-9-32(39-16-26)48-17-27-18-49-34(50-27,19-44-21-38-20-40-44)28-7-4-24(35)14-29(28)36/h4-9,14-16,20-23,27H,3,10-13,17-19H2,1-2H3/t23?,27-,34-/m1/s1. The van der Waals surface area contributed by atoms with Crippen LogP contribution in [-0.2, 0) is 21.8 Å². The third-order valence-corrected chi connectivity index (χ3v) is 9.62. The Balaban J connectivity index is 0.939. The van der Waals surface area contributed by atoms with Gasteiger partial charge in [-0.25, -0.2) is 33.1 Å². The Morgan fingerprint density at radius 3 is 2.52 bits per heavy atom. The molecule has 0 aliphatic carbocycles. The summed E-state index contributed by atoms with van der Waals surface area (Å²) in [6.45, 7) is 7.21. The molecule has 13 nitrogen and oxygen atoms in total. The van der Waals surface area contributed by atoms with Gasteiger partial charge in [0.25, 0.3) is 0 Å². The van der Waals surface area contributed by atoms with Crippen molar-refractivity contribution in [3.05, 3.63) is 106 Å². The molecule has 2 aromatic carbocycles. The number of aromatic nitrogens is 7. The second-order valence-corrected chi connectivity index (χ2v) is 13.1. The van der Waals surface area contributed by atoms with Gasteiger partial charge in [-0.1, -0.05) is 36.2 Å². The van der Waals surface area contributed by atoms with Gasteiger partial charge in [-0.05, 0) is 43.7 Å². The van der Waals surface area contributed by atoms with E-state index >= 15 is 4.39 Å². The first kappa shape index (κ1) is 34.0. The fourth-order valence-electron chi connectivity index (χ4n) is 6.18. The van der Waals surface area contributed by atoms with E-state index in [1.165, 1.54) is 28.0 Å². The van der Waals surface area contributed by atoms with Crippen LogP contribution in [0.25, 0.3) is 5.69 Å². The molecule has 3 aromatic heterocycles. The lowest BCUT2D eigenvalue weighted by Crippen LogP contribution is -2.46. The van der Waals surface area contributed by atoms with E-state index in [4.69, 9.17) is 37.4 Å². The lowest BCUT2D eigenvalue weighted by Gasteiger charge is -2.37. The Labute approximate surface area is 297 Å². The quantitative estimate of drug-likeness (QED) is 0.182. The minimum absolute atomic E-state index is 0.0373. The van der Waals surface area contributed by atoms with E-state index in [-0.39, 0.29) is 37.3 Å². The Morgan fingerprint density at radius 1 is 1.02 bits per heavy atom. The second-order valence-electron chi connectivity index (χ2n) is 12.3. The van der Waals surface area contributed by atoms with Crippen molar-refractivity contribution in [1.82, 2.24) is 34.1 Å². The molecule has 50 heavy (non-hydrogen) atoms. The first-order valence-corrected chi connectivity index (χ1v) is 17.1. The van der Waals surface area contributed by atoms with Crippen molar-refractivity contribution >= 4 is 34.6 Å². The topological polar surface area (TPSA) is 118 Å². The van der Waals surface area contributed by atoms with Gasteiger partial charge in [-0.3, -0.25) is 0 Å². The number of benzene rings is 2. The fraction of sp³-hybridized carbons (Fsp3) is 0.382. The maximum absolute atomic E-state index is 15.3. The Hall–Kier alpha value is -4.50. The highest BCUT2D eigenvalue weighted by Crippen LogP contribution is 2.40. The average molecular weight is 725 g/mol. The molecular formula is C34H36Cl2FN9O4. The molecule has 1 unspecified atom stereocenters. The molecule has 2 saturated heterocycles. The average Bonchev–Trinajstić information content (AvgIpc) is 3.88. The van der Waals surface area contributed by atoms with Crippen molar-refractivity contribution in [2.75, 3.05) is 49.2 Å². The van der Waals surface area contributed by atoms with E-state index in [0.717, 1.165) is 12.1 Å². The van der Waals surface area contributed by atoms with Crippen LogP contribution in [0.5, 0.6) is 5.88 Å². The molecule has 0 radical (unpaired) electrons. The summed E-state index contributed by atoms with van der Waals surface area (Å²) >= 11 is 12.7. The van der Waals surface area contributed by atoms with Crippen molar-refractivity contribution in [2.24, 2.45) is 0 Å². The van der Waals surface area contributed by atoms with Crippen molar-refractivity contribution < 1.29 is 18.6 Å². The molecule has 5 heterocycles. The van der Waals surface area contributed by atoms with Crippen LogP contribution in [-0.4, -0.2) is 79.6 Å². The van der Waals surface area contributed by atoms with Gasteiger partial charge in [0.2, 0.25) is 11.7 Å². The van der Waals surface area contributed by atoms with Gasteiger partial charge in [0.05, 0.1) is 40.9 Å². The summed E-state index contributed by atoms with van der Waals surface area (Å²) in [6.07, 6.45) is 6.60. The number of hydrogen-bond donors (Lipinski definition) is 0. The summed E-state index contributed by atoms with van der Waals surface area (Å²) in [5.74, 6) is -1.14. The lowest BCUT2D eigenvalue weighted by molar-refractivity contribution is -0.190. The van der Waals surface area contributed by atoms with Gasteiger partial charge in [0, 0.05) is 48.9 Å². The summed E-state index contributed by atoms with van der Waals surface area (Å²) in [6, 6.07) is 13.8. The first-order chi connectivity index (χ1) is 24.2.